The lowest BCUT2D eigenvalue weighted by Crippen LogP contribution is -2.08. The van der Waals surface area contributed by atoms with Crippen LogP contribution < -0.4 is 4.74 Å². The van der Waals surface area contributed by atoms with Gasteiger partial charge in [-0.15, -0.1) is 0 Å². The zero-order chi connectivity index (χ0) is 11.3. The third kappa shape index (κ3) is 3.53. The highest BCUT2D eigenvalue weighted by molar-refractivity contribution is 9.09. The van der Waals surface area contributed by atoms with E-state index in [4.69, 9.17) is 4.74 Å². The van der Waals surface area contributed by atoms with Gasteiger partial charge in [0, 0.05) is 4.83 Å². The molecule has 0 radical (unpaired) electrons. The fraction of sp³-hybridized carbons (Fsp3) is 0.538. The van der Waals surface area contributed by atoms with E-state index < -0.39 is 0 Å². The molecule has 0 saturated carbocycles. The summed E-state index contributed by atoms with van der Waals surface area (Å²) in [5.41, 5.74) is 1.37. The van der Waals surface area contributed by atoms with Crippen molar-refractivity contribution in [2.75, 3.05) is 7.11 Å². The first-order valence-electron chi connectivity index (χ1n) is 5.47. The Balaban J connectivity index is 2.69. The summed E-state index contributed by atoms with van der Waals surface area (Å²) >= 11 is 3.74. The molecule has 0 aromatic heterocycles. The van der Waals surface area contributed by atoms with Crippen molar-refractivity contribution in [1.82, 2.24) is 0 Å². The van der Waals surface area contributed by atoms with E-state index in [9.17, 15) is 0 Å². The van der Waals surface area contributed by atoms with Gasteiger partial charge in [0.15, 0.2) is 0 Å². The molecule has 1 nitrogen and oxygen atoms in total. The van der Waals surface area contributed by atoms with Gasteiger partial charge < -0.3 is 4.74 Å². The van der Waals surface area contributed by atoms with E-state index >= 15 is 0 Å². The summed E-state index contributed by atoms with van der Waals surface area (Å²) < 4.78 is 5.15. The summed E-state index contributed by atoms with van der Waals surface area (Å²) in [5.74, 6) is 1.48. The maximum atomic E-state index is 5.15. The average molecular weight is 271 g/mol. The number of ether oxygens (including phenoxy) is 1. The molecule has 1 aromatic carbocycles. The Morgan fingerprint density at radius 1 is 1.27 bits per heavy atom. The molecule has 2 unspecified atom stereocenters. The van der Waals surface area contributed by atoms with Crippen LogP contribution in [0.25, 0.3) is 0 Å². The maximum Gasteiger partial charge on any atom is 0.118 e. The monoisotopic (exact) mass is 270 g/mol. The van der Waals surface area contributed by atoms with E-state index in [-0.39, 0.29) is 0 Å². The molecule has 1 rings (SSSR count). The molecule has 2 atom stereocenters. The molecule has 0 heterocycles. The van der Waals surface area contributed by atoms with E-state index in [2.05, 4.69) is 41.9 Å². The lowest BCUT2D eigenvalue weighted by molar-refractivity contribution is 0.414. The molecule has 0 aliphatic rings. The molecule has 0 spiro atoms. The Bertz CT molecular complexity index is 281. The SMILES string of the molecule is CCCC(Br)C(C)c1ccc(OC)cc1. The Labute approximate surface area is 101 Å². The smallest absolute Gasteiger partial charge is 0.118 e. The minimum absolute atomic E-state index is 0.552. The van der Waals surface area contributed by atoms with Crippen molar-refractivity contribution in [2.24, 2.45) is 0 Å². The van der Waals surface area contributed by atoms with Crippen LogP contribution >= 0.6 is 15.9 Å². The number of rotatable bonds is 5. The number of halogens is 1. The summed E-state index contributed by atoms with van der Waals surface area (Å²) in [7, 11) is 1.70. The minimum Gasteiger partial charge on any atom is -0.497 e. The molecule has 1 aromatic rings. The van der Waals surface area contributed by atoms with Gasteiger partial charge in [-0.2, -0.15) is 0 Å². The van der Waals surface area contributed by atoms with Crippen LogP contribution in [0.1, 0.15) is 38.2 Å². The predicted octanol–water partition coefficient (Wildman–Crippen LogP) is 4.36. The van der Waals surface area contributed by atoms with Gasteiger partial charge in [-0.05, 0) is 30.0 Å². The summed E-state index contributed by atoms with van der Waals surface area (Å²) in [6.07, 6.45) is 2.43. The molecule has 84 valence electrons. The Hall–Kier alpha value is -0.500. The van der Waals surface area contributed by atoms with Gasteiger partial charge in [0.1, 0.15) is 5.75 Å². The number of methoxy groups -OCH3 is 1. The van der Waals surface area contributed by atoms with Crippen LogP contribution in [0.4, 0.5) is 0 Å². The van der Waals surface area contributed by atoms with Crippen molar-refractivity contribution in [1.29, 1.82) is 0 Å². The Kier molecular flexibility index (Phi) is 5.16. The minimum atomic E-state index is 0.552. The fourth-order valence-corrected chi connectivity index (χ4v) is 2.41. The molecule has 0 N–H and O–H groups in total. The van der Waals surface area contributed by atoms with E-state index in [1.54, 1.807) is 7.11 Å². The summed E-state index contributed by atoms with van der Waals surface area (Å²) in [5, 5.41) is 0. The van der Waals surface area contributed by atoms with Crippen molar-refractivity contribution in [3.63, 3.8) is 0 Å². The van der Waals surface area contributed by atoms with Crippen molar-refractivity contribution >= 4 is 15.9 Å². The lowest BCUT2D eigenvalue weighted by atomic mass is 9.95. The number of benzene rings is 1. The van der Waals surface area contributed by atoms with Crippen molar-refractivity contribution < 1.29 is 4.74 Å². The lowest BCUT2D eigenvalue weighted by Gasteiger charge is -2.18. The number of hydrogen-bond acceptors (Lipinski definition) is 1. The van der Waals surface area contributed by atoms with Crippen molar-refractivity contribution in [3.05, 3.63) is 29.8 Å². The molecule has 0 bridgehead atoms. The topological polar surface area (TPSA) is 9.23 Å². The second-order valence-corrected chi connectivity index (χ2v) is 5.04. The average Bonchev–Trinajstić information content (AvgIpc) is 2.28. The van der Waals surface area contributed by atoms with Crippen LogP contribution in [-0.4, -0.2) is 11.9 Å². The molecule has 0 amide bonds. The zero-order valence-electron chi connectivity index (χ0n) is 9.66. The molecule has 0 fully saturated rings. The second-order valence-electron chi connectivity index (χ2n) is 3.87. The third-order valence-electron chi connectivity index (χ3n) is 2.75. The standard InChI is InChI=1S/C13H19BrO/c1-4-5-13(14)10(2)11-6-8-12(15-3)9-7-11/h6-10,13H,4-5H2,1-3H3. The van der Waals surface area contributed by atoms with Crippen molar-refractivity contribution in [3.8, 4) is 5.75 Å². The van der Waals surface area contributed by atoms with Gasteiger partial charge in [0.2, 0.25) is 0 Å². The highest BCUT2D eigenvalue weighted by Gasteiger charge is 2.14. The van der Waals surface area contributed by atoms with Gasteiger partial charge in [-0.3, -0.25) is 0 Å². The maximum absolute atomic E-state index is 5.15. The Morgan fingerprint density at radius 2 is 1.87 bits per heavy atom. The Morgan fingerprint density at radius 3 is 2.33 bits per heavy atom. The van der Waals surface area contributed by atoms with Crippen LogP contribution in [0.5, 0.6) is 5.75 Å². The molecule has 0 saturated heterocycles. The van der Waals surface area contributed by atoms with Crippen LogP contribution in [0.15, 0.2) is 24.3 Å². The third-order valence-corrected chi connectivity index (χ3v) is 4.00. The zero-order valence-corrected chi connectivity index (χ0v) is 11.3. The van der Waals surface area contributed by atoms with Crippen LogP contribution in [0.3, 0.4) is 0 Å². The molecule has 0 aliphatic heterocycles. The summed E-state index contributed by atoms with van der Waals surface area (Å²) in [6, 6.07) is 8.34. The molecule has 2 heteroatoms. The molecular weight excluding hydrogens is 252 g/mol. The first-order chi connectivity index (χ1) is 7.19. The second kappa shape index (κ2) is 6.16. The van der Waals surface area contributed by atoms with Crippen LogP contribution in [-0.2, 0) is 0 Å². The van der Waals surface area contributed by atoms with Crippen LogP contribution in [0.2, 0.25) is 0 Å². The number of hydrogen-bond donors (Lipinski definition) is 0. The van der Waals surface area contributed by atoms with Gasteiger partial charge in [-0.25, -0.2) is 0 Å². The van der Waals surface area contributed by atoms with Gasteiger partial charge >= 0.3 is 0 Å². The molecule has 15 heavy (non-hydrogen) atoms. The van der Waals surface area contributed by atoms with Gasteiger partial charge in [0.25, 0.3) is 0 Å². The van der Waals surface area contributed by atoms with E-state index in [1.165, 1.54) is 18.4 Å². The quantitative estimate of drug-likeness (QED) is 0.723. The van der Waals surface area contributed by atoms with E-state index in [1.807, 2.05) is 12.1 Å². The number of alkyl halides is 1. The molecular formula is C13H19BrO. The predicted molar refractivity (Wildman–Crippen MR) is 69.0 cm³/mol. The highest BCUT2D eigenvalue weighted by Crippen LogP contribution is 2.28. The van der Waals surface area contributed by atoms with Gasteiger partial charge in [0.05, 0.1) is 7.11 Å². The summed E-state index contributed by atoms with van der Waals surface area (Å²) in [4.78, 5) is 0.566. The molecule has 0 aliphatic carbocycles. The summed E-state index contributed by atoms with van der Waals surface area (Å²) in [6.45, 7) is 4.48. The van der Waals surface area contributed by atoms with Crippen molar-refractivity contribution in [2.45, 2.75) is 37.4 Å². The first kappa shape index (κ1) is 12.6. The van der Waals surface area contributed by atoms with Gasteiger partial charge in [-0.1, -0.05) is 48.3 Å². The van der Waals surface area contributed by atoms with E-state index in [0.29, 0.717) is 10.7 Å². The highest BCUT2D eigenvalue weighted by atomic mass is 79.9. The van der Waals surface area contributed by atoms with E-state index in [0.717, 1.165) is 5.75 Å². The van der Waals surface area contributed by atoms with Crippen LogP contribution in [0, 0.1) is 0 Å². The fourth-order valence-electron chi connectivity index (χ4n) is 1.64. The largest absolute Gasteiger partial charge is 0.497 e. The first-order valence-corrected chi connectivity index (χ1v) is 6.38. The normalized spacial score (nSPS) is 14.7.